The Morgan fingerprint density at radius 3 is 2.40 bits per heavy atom. The van der Waals surface area contributed by atoms with E-state index in [-0.39, 0.29) is 0 Å². The van der Waals surface area contributed by atoms with E-state index in [1.807, 2.05) is 12.1 Å². The molecular formula is C13H17N3O4. The molecule has 0 unspecified atom stereocenters. The Morgan fingerprint density at radius 1 is 1.10 bits per heavy atom. The molecule has 1 N–H and O–H groups in total. The number of rotatable bonds is 7. The molecule has 7 nitrogen and oxygen atoms in total. The van der Waals surface area contributed by atoms with Gasteiger partial charge in [-0.05, 0) is 12.1 Å². The van der Waals surface area contributed by atoms with E-state index in [0.29, 0.717) is 36.5 Å². The topological polar surface area (TPSA) is 78.6 Å². The van der Waals surface area contributed by atoms with Gasteiger partial charge in [-0.15, -0.1) is 0 Å². The lowest BCUT2D eigenvalue weighted by Gasteiger charge is -2.05. The predicted molar refractivity (Wildman–Crippen MR) is 73.2 cm³/mol. The average molecular weight is 279 g/mol. The predicted octanol–water partition coefficient (Wildman–Crippen LogP) is 1.81. The van der Waals surface area contributed by atoms with Crippen molar-refractivity contribution in [3.8, 4) is 22.9 Å². The van der Waals surface area contributed by atoms with Crippen molar-refractivity contribution < 1.29 is 18.7 Å². The summed E-state index contributed by atoms with van der Waals surface area (Å²) >= 11 is 0. The first-order valence-electron chi connectivity index (χ1n) is 6.06. The fourth-order valence-corrected chi connectivity index (χ4v) is 1.61. The lowest BCUT2D eigenvalue weighted by Crippen LogP contribution is -2.07. The van der Waals surface area contributed by atoms with Crippen molar-refractivity contribution in [3.05, 3.63) is 18.2 Å². The molecule has 0 bridgehead atoms. The van der Waals surface area contributed by atoms with Gasteiger partial charge in [0, 0.05) is 25.3 Å². The summed E-state index contributed by atoms with van der Waals surface area (Å²) < 4.78 is 20.4. The summed E-state index contributed by atoms with van der Waals surface area (Å²) in [6.45, 7) is 1.16. The highest BCUT2D eigenvalue weighted by atomic mass is 16.5. The zero-order chi connectivity index (χ0) is 14.4. The molecule has 0 atom stereocenters. The van der Waals surface area contributed by atoms with Crippen LogP contribution >= 0.6 is 0 Å². The van der Waals surface area contributed by atoms with E-state index in [4.69, 9.17) is 18.7 Å². The van der Waals surface area contributed by atoms with Gasteiger partial charge in [0.2, 0.25) is 5.82 Å². The molecule has 108 valence electrons. The second-order valence-corrected chi connectivity index (χ2v) is 3.94. The van der Waals surface area contributed by atoms with E-state index in [1.165, 1.54) is 0 Å². The summed E-state index contributed by atoms with van der Waals surface area (Å²) in [5.41, 5.74) is 0.754. The Labute approximate surface area is 116 Å². The van der Waals surface area contributed by atoms with Crippen LogP contribution in [0.25, 0.3) is 11.4 Å². The van der Waals surface area contributed by atoms with Crippen LogP contribution in [0.1, 0.15) is 0 Å². The summed E-state index contributed by atoms with van der Waals surface area (Å²) in [6, 6.07) is 5.75. The smallest absolute Gasteiger partial charge is 0.321 e. The maximum atomic E-state index is 5.21. The number of benzene rings is 1. The molecule has 0 radical (unpaired) electrons. The van der Waals surface area contributed by atoms with Crippen molar-refractivity contribution in [3.63, 3.8) is 0 Å². The van der Waals surface area contributed by atoms with Crippen molar-refractivity contribution in [2.24, 2.45) is 0 Å². The summed E-state index contributed by atoms with van der Waals surface area (Å²) in [7, 11) is 4.81. The number of nitrogens with zero attached hydrogens (tertiary/aromatic N) is 2. The van der Waals surface area contributed by atoms with Crippen molar-refractivity contribution in [1.82, 2.24) is 10.1 Å². The monoisotopic (exact) mass is 279 g/mol. The van der Waals surface area contributed by atoms with E-state index in [9.17, 15) is 0 Å². The van der Waals surface area contributed by atoms with Gasteiger partial charge in [0.15, 0.2) is 0 Å². The second-order valence-electron chi connectivity index (χ2n) is 3.94. The number of hydrogen-bond acceptors (Lipinski definition) is 7. The SMILES string of the molecule is COCCNc1nc(-c2cc(OC)cc(OC)c2)no1. The van der Waals surface area contributed by atoms with Gasteiger partial charge in [0.1, 0.15) is 11.5 Å². The lowest BCUT2D eigenvalue weighted by molar-refractivity contribution is 0.210. The van der Waals surface area contributed by atoms with Gasteiger partial charge < -0.3 is 24.1 Å². The number of anilines is 1. The van der Waals surface area contributed by atoms with Crippen LogP contribution < -0.4 is 14.8 Å². The third-order valence-corrected chi connectivity index (χ3v) is 2.62. The Balaban J connectivity index is 2.18. The highest BCUT2D eigenvalue weighted by Gasteiger charge is 2.11. The average Bonchev–Trinajstić information content (AvgIpc) is 2.96. The van der Waals surface area contributed by atoms with Crippen molar-refractivity contribution in [1.29, 1.82) is 0 Å². The van der Waals surface area contributed by atoms with Crippen LogP contribution in [0.2, 0.25) is 0 Å². The Hall–Kier alpha value is -2.28. The zero-order valence-corrected chi connectivity index (χ0v) is 11.7. The first-order chi connectivity index (χ1) is 9.76. The molecule has 0 amide bonds. The molecule has 2 rings (SSSR count). The van der Waals surface area contributed by atoms with Gasteiger partial charge in [-0.1, -0.05) is 5.16 Å². The van der Waals surface area contributed by atoms with Gasteiger partial charge >= 0.3 is 6.01 Å². The Kier molecular flexibility index (Phi) is 4.78. The summed E-state index contributed by atoms with van der Waals surface area (Å²) in [5.74, 6) is 1.79. The van der Waals surface area contributed by atoms with Crippen molar-refractivity contribution in [2.75, 3.05) is 39.8 Å². The number of hydrogen-bond donors (Lipinski definition) is 1. The Bertz CT molecular complexity index is 534. The maximum absolute atomic E-state index is 5.21. The molecule has 0 aliphatic rings. The summed E-state index contributed by atoms with van der Waals surface area (Å²) in [4.78, 5) is 4.25. The van der Waals surface area contributed by atoms with Gasteiger partial charge in [0.25, 0.3) is 0 Å². The van der Waals surface area contributed by atoms with E-state index >= 15 is 0 Å². The highest BCUT2D eigenvalue weighted by Crippen LogP contribution is 2.28. The molecule has 0 fully saturated rings. The van der Waals surface area contributed by atoms with E-state index in [2.05, 4.69) is 15.5 Å². The van der Waals surface area contributed by atoms with Crippen LogP contribution in [0.5, 0.6) is 11.5 Å². The van der Waals surface area contributed by atoms with Crippen LogP contribution in [0.4, 0.5) is 6.01 Å². The first-order valence-corrected chi connectivity index (χ1v) is 6.06. The first kappa shape index (κ1) is 14.1. The summed E-state index contributed by atoms with van der Waals surface area (Å²) in [6.07, 6.45) is 0. The molecule has 0 spiro atoms. The normalized spacial score (nSPS) is 10.3. The maximum Gasteiger partial charge on any atom is 0.321 e. The molecule has 1 aromatic carbocycles. The molecule has 0 aliphatic carbocycles. The quantitative estimate of drug-likeness (QED) is 0.774. The lowest BCUT2D eigenvalue weighted by atomic mass is 10.2. The minimum Gasteiger partial charge on any atom is -0.497 e. The molecule has 20 heavy (non-hydrogen) atoms. The van der Waals surface area contributed by atoms with Gasteiger partial charge in [0.05, 0.1) is 20.8 Å². The number of methoxy groups -OCH3 is 3. The fourth-order valence-electron chi connectivity index (χ4n) is 1.61. The van der Waals surface area contributed by atoms with Gasteiger partial charge in [-0.2, -0.15) is 4.98 Å². The highest BCUT2D eigenvalue weighted by molar-refractivity contribution is 5.61. The van der Waals surface area contributed by atoms with Crippen molar-refractivity contribution in [2.45, 2.75) is 0 Å². The zero-order valence-electron chi connectivity index (χ0n) is 11.7. The van der Waals surface area contributed by atoms with E-state index < -0.39 is 0 Å². The van der Waals surface area contributed by atoms with Crippen molar-refractivity contribution >= 4 is 6.01 Å². The van der Waals surface area contributed by atoms with Crippen LogP contribution in [0.15, 0.2) is 22.7 Å². The third-order valence-electron chi connectivity index (χ3n) is 2.62. The third kappa shape index (κ3) is 3.39. The van der Waals surface area contributed by atoms with Gasteiger partial charge in [-0.25, -0.2) is 0 Å². The molecule has 1 aromatic heterocycles. The fraction of sp³-hybridized carbons (Fsp3) is 0.385. The van der Waals surface area contributed by atoms with Crippen LogP contribution in [-0.4, -0.2) is 44.6 Å². The van der Waals surface area contributed by atoms with Crippen LogP contribution in [-0.2, 0) is 4.74 Å². The standard InChI is InChI=1S/C13H17N3O4/c1-17-5-4-14-13-15-12(16-20-13)9-6-10(18-2)8-11(7-9)19-3/h6-8H,4-5H2,1-3H3,(H,14,15,16). The van der Waals surface area contributed by atoms with E-state index in [1.54, 1.807) is 27.4 Å². The number of aromatic nitrogens is 2. The molecule has 1 heterocycles. The molecule has 0 saturated carbocycles. The number of nitrogens with one attached hydrogen (secondary N) is 1. The minimum atomic E-state index is 0.346. The molecule has 0 saturated heterocycles. The summed E-state index contributed by atoms with van der Waals surface area (Å²) in [5, 5.41) is 6.88. The molecule has 7 heteroatoms. The van der Waals surface area contributed by atoms with E-state index in [0.717, 1.165) is 5.56 Å². The molecule has 2 aromatic rings. The van der Waals surface area contributed by atoms with Crippen LogP contribution in [0.3, 0.4) is 0 Å². The van der Waals surface area contributed by atoms with Crippen LogP contribution in [0, 0.1) is 0 Å². The Morgan fingerprint density at radius 2 is 1.80 bits per heavy atom. The second kappa shape index (κ2) is 6.76. The number of ether oxygens (including phenoxy) is 3. The molecular weight excluding hydrogens is 262 g/mol. The minimum absolute atomic E-state index is 0.346. The van der Waals surface area contributed by atoms with Gasteiger partial charge in [-0.3, -0.25) is 0 Å². The molecule has 0 aliphatic heterocycles. The largest absolute Gasteiger partial charge is 0.497 e.